The Morgan fingerprint density at radius 3 is 2.84 bits per heavy atom. The number of amides is 1. The first-order valence-corrected chi connectivity index (χ1v) is 10.8. The zero-order valence-electron chi connectivity index (χ0n) is 13.7. The average molecular weight is 445 g/mol. The highest BCUT2D eigenvalue weighted by atomic mass is 79.9. The molecule has 0 unspecified atom stereocenters. The van der Waals surface area contributed by atoms with E-state index in [0.717, 1.165) is 10.6 Å². The van der Waals surface area contributed by atoms with Crippen LogP contribution >= 0.6 is 27.3 Å². The van der Waals surface area contributed by atoms with Crippen molar-refractivity contribution < 1.29 is 13.2 Å². The quantitative estimate of drug-likeness (QED) is 0.781. The molecule has 3 rings (SSSR count). The number of halogens is 1. The van der Waals surface area contributed by atoms with Crippen molar-refractivity contribution in [3.8, 4) is 0 Å². The molecule has 0 atom stereocenters. The van der Waals surface area contributed by atoms with Crippen LogP contribution in [0.15, 0.2) is 22.9 Å². The van der Waals surface area contributed by atoms with E-state index in [0.29, 0.717) is 34.7 Å². The number of rotatable bonds is 4. The molecule has 3 heterocycles. The summed E-state index contributed by atoms with van der Waals surface area (Å²) in [5.41, 5.74) is 1.27. The van der Waals surface area contributed by atoms with Crippen LogP contribution in [0.4, 0.5) is 5.13 Å². The second-order valence-electron chi connectivity index (χ2n) is 5.91. The molecule has 0 aliphatic carbocycles. The first kappa shape index (κ1) is 18.4. The first-order valence-electron chi connectivity index (χ1n) is 7.67. The molecule has 25 heavy (non-hydrogen) atoms. The van der Waals surface area contributed by atoms with Crippen molar-refractivity contribution in [2.24, 2.45) is 0 Å². The Morgan fingerprint density at radius 2 is 2.16 bits per heavy atom. The highest BCUT2D eigenvalue weighted by Gasteiger charge is 2.31. The fourth-order valence-corrected chi connectivity index (χ4v) is 5.16. The van der Waals surface area contributed by atoms with E-state index in [9.17, 15) is 13.2 Å². The van der Waals surface area contributed by atoms with Gasteiger partial charge >= 0.3 is 0 Å². The van der Waals surface area contributed by atoms with Crippen molar-refractivity contribution >= 4 is 48.3 Å². The number of nitrogens with zero attached hydrogens (tertiary/aromatic N) is 3. The Hall–Kier alpha value is -1.36. The monoisotopic (exact) mass is 444 g/mol. The molecule has 134 valence electrons. The number of sulfonamides is 1. The normalized spacial score (nSPS) is 15.2. The Morgan fingerprint density at radius 1 is 1.40 bits per heavy atom. The minimum absolute atomic E-state index is 0.299. The largest absolute Gasteiger partial charge is 0.298 e. The Kier molecular flexibility index (Phi) is 5.24. The summed E-state index contributed by atoms with van der Waals surface area (Å²) in [6.07, 6.45) is 3.62. The summed E-state index contributed by atoms with van der Waals surface area (Å²) in [6, 6.07) is 1.67. The summed E-state index contributed by atoms with van der Waals surface area (Å²) in [7, 11) is -3.29. The maximum Gasteiger partial charge on any atom is 0.259 e. The molecule has 0 fully saturated rings. The van der Waals surface area contributed by atoms with Crippen LogP contribution in [-0.4, -0.2) is 40.4 Å². The fourth-order valence-electron chi connectivity index (χ4n) is 2.45. The van der Waals surface area contributed by atoms with Gasteiger partial charge in [0.25, 0.3) is 5.91 Å². The van der Waals surface area contributed by atoms with Gasteiger partial charge in [0.15, 0.2) is 5.13 Å². The summed E-state index contributed by atoms with van der Waals surface area (Å²) in [6.45, 7) is 4.08. The number of anilines is 1. The molecule has 0 saturated carbocycles. The average Bonchev–Trinajstić information content (AvgIpc) is 2.95. The van der Waals surface area contributed by atoms with Gasteiger partial charge in [-0.25, -0.2) is 13.4 Å². The minimum Gasteiger partial charge on any atom is -0.298 e. The van der Waals surface area contributed by atoms with Crippen LogP contribution in [0, 0.1) is 0 Å². The van der Waals surface area contributed by atoms with Crippen LogP contribution in [0.5, 0.6) is 0 Å². The maximum atomic E-state index is 12.3. The van der Waals surface area contributed by atoms with Gasteiger partial charge in [0, 0.05) is 41.3 Å². The molecule has 2 aromatic rings. The molecule has 1 aliphatic rings. The zero-order chi connectivity index (χ0) is 18.2. The number of carbonyl (C=O) groups is 1. The van der Waals surface area contributed by atoms with Gasteiger partial charge in [-0.1, -0.05) is 0 Å². The van der Waals surface area contributed by atoms with Crippen LogP contribution in [0.2, 0.25) is 0 Å². The molecular weight excluding hydrogens is 428 g/mol. The fraction of sp³-hybridized carbons (Fsp3) is 0.400. The molecule has 1 N–H and O–H groups in total. The lowest BCUT2D eigenvalue weighted by molar-refractivity contribution is 0.102. The van der Waals surface area contributed by atoms with Gasteiger partial charge in [-0.05, 0) is 35.8 Å². The predicted octanol–water partition coefficient (Wildman–Crippen LogP) is 2.65. The number of aromatic nitrogens is 2. The SMILES string of the molecule is CC(C)S(=O)(=O)N1CCc2nc(NC(=O)c3cncc(Br)c3)sc2C1. The van der Waals surface area contributed by atoms with E-state index in [2.05, 4.69) is 31.2 Å². The van der Waals surface area contributed by atoms with Gasteiger partial charge < -0.3 is 0 Å². The van der Waals surface area contributed by atoms with E-state index in [1.807, 2.05) is 0 Å². The van der Waals surface area contributed by atoms with Gasteiger partial charge in [0.05, 0.1) is 16.5 Å². The number of hydrogen-bond acceptors (Lipinski definition) is 6. The Labute approximate surface area is 158 Å². The Balaban J connectivity index is 1.76. The number of hydrogen-bond donors (Lipinski definition) is 1. The lowest BCUT2D eigenvalue weighted by atomic mass is 10.2. The highest BCUT2D eigenvalue weighted by Crippen LogP contribution is 2.30. The first-order chi connectivity index (χ1) is 11.8. The van der Waals surface area contributed by atoms with Gasteiger partial charge in [-0.2, -0.15) is 4.31 Å². The molecule has 0 bridgehead atoms. The standard InChI is InChI=1S/C15H17BrN4O3S2/c1-9(2)25(22,23)20-4-3-12-13(8-20)24-15(18-12)19-14(21)10-5-11(16)7-17-6-10/h5-7,9H,3-4,8H2,1-2H3,(H,18,19,21). The molecule has 10 heteroatoms. The summed E-state index contributed by atoms with van der Waals surface area (Å²) in [5.74, 6) is -0.299. The van der Waals surface area contributed by atoms with Crippen molar-refractivity contribution in [2.45, 2.75) is 32.1 Å². The molecule has 7 nitrogen and oxygen atoms in total. The highest BCUT2D eigenvalue weighted by molar-refractivity contribution is 9.10. The summed E-state index contributed by atoms with van der Waals surface area (Å²) in [4.78, 5) is 21.6. The summed E-state index contributed by atoms with van der Waals surface area (Å²) >= 11 is 4.59. The minimum atomic E-state index is -3.29. The van der Waals surface area contributed by atoms with E-state index in [-0.39, 0.29) is 5.91 Å². The molecule has 0 radical (unpaired) electrons. The third kappa shape index (κ3) is 3.91. The van der Waals surface area contributed by atoms with Crippen molar-refractivity contribution in [2.75, 3.05) is 11.9 Å². The molecule has 2 aromatic heterocycles. The van der Waals surface area contributed by atoms with Crippen molar-refractivity contribution in [1.29, 1.82) is 0 Å². The maximum absolute atomic E-state index is 12.3. The molecule has 1 aliphatic heterocycles. The third-order valence-corrected chi connectivity index (χ3v) is 7.49. The predicted molar refractivity (Wildman–Crippen MR) is 100 cm³/mol. The summed E-state index contributed by atoms with van der Waals surface area (Å²) in [5, 5.41) is 2.78. The molecular formula is C15H17BrN4O3S2. The number of pyridine rings is 1. The Bertz CT molecular complexity index is 911. The topological polar surface area (TPSA) is 92.3 Å². The van der Waals surface area contributed by atoms with E-state index in [4.69, 9.17) is 0 Å². The number of thiazole rings is 1. The lowest BCUT2D eigenvalue weighted by Crippen LogP contribution is -2.39. The van der Waals surface area contributed by atoms with Crippen LogP contribution in [0.3, 0.4) is 0 Å². The van der Waals surface area contributed by atoms with Crippen LogP contribution in [0.25, 0.3) is 0 Å². The second kappa shape index (κ2) is 7.10. The van der Waals surface area contributed by atoms with Crippen molar-refractivity contribution in [3.63, 3.8) is 0 Å². The van der Waals surface area contributed by atoms with Crippen molar-refractivity contribution in [3.05, 3.63) is 39.1 Å². The molecule has 1 amide bonds. The van der Waals surface area contributed by atoms with E-state index in [1.54, 1.807) is 26.1 Å². The molecule has 0 aromatic carbocycles. The van der Waals surface area contributed by atoms with Crippen LogP contribution < -0.4 is 5.32 Å². The number of fused-ring (bicyclic) bond motifs is 1. The smallest absolute Gasteiger partial charge is 0.259 e. The molecule has 0 saturated heterocycles. The van der Waals surface area contributed by atoms with E-state index < -0.39 is 15.3 Å². The van der Waals surface area contributed by atoms with Crippen LogP contribution in [-0.2, 0) is 23.0 Å². The number of nitrogens with one attached hydrogen (secondary N) is 1. The van der Waals surface area contributed by atoms with Gasteiger partial charge in [0.1, 0.15) is 0 Å². The van der Waals surface area contributed by atoms with Crippen molar-refractivity contribution in [1.82, 2.24) is 14.3 Å². The van der Waals surface area contributed by atoms with Gasteiger partial charge in [0.2, 0.25) is 10.0 Å². The van der Waals surface area contributed by atoms with Gasteiger partial charge in [-0.15, -0.1) is 11.3 Å². The third-order valence-electron chi connectivity index (χ3n) is 3.84. The van der Waals surface area contributed by atoms with E-state index in [1.165, 1.54) is 21.8 Å². The zero-order valence-corrected chi connectivity index (χ0v) is 16.9. The summed E-state index contributed by atoms with van der Waals surface area (Å²) < 4.78 is 26.9. The lowest BCUT2D eigenvalue weighted by Gasteiger charge is -2.26. The molecule has 0 spiro atoms. The number of carbonyl (C=O) groups excluding carboxylic acids is 1. The van der Waals surface area contributed by atoms with Crippen LogP contribution in [0.1, 0.15) is 34.8 Å². The van der Waals surface area contributed by atoms with Gasteiger partial charge in [-0.3, -0.25) is 15.1 Å². The second-order valence-corrected chi connectivity index (χ2v) is 10.4. The van der Waals surface area contributed by atoms with E-state index >= 15 is 0 Å².